The van der Waals surface area contributed by atoms with Gasteiger partial charge in [0.1, 0.15) is 0 Å². The van der Waals surface area contributed by atoms with Crippen molar-refractivity contribution in [3.05, 3.63) is 259 Å². The molecule has 75 heavy (non-hydrogen) atoms. The molecule has 0 aliphatic heterocycles. The Morgan fingerprint density at radius 3 is 0.840 bits per heavy atom. The first-order valence-corrected chi connectivity index (χ1v) is 26.4. The number of fused-ring (bicyclic) bond motifs is 15. The van der Waals surface area contributed by atoms with E-state index in [1.165, 1.54) is 144 Å². The Kier molecular flexibility index (Phi) is 8.58. The van der Waals surface area contributed by atoms with Gasteiger partial charge >= 0.3 is 0 Å². The molecule has 0 saturated carbocycles. The molecule has 0 unspecified atom stereocenters. The van der Waals surface area contributed by atoms with E-state index >= 15 is 0 Å². The van der Waals surface area contributed by atoms with Gasteiger partial charge in [0, 0.05) is 60.2 Å². The number of hydrogen-bond donors (Lipinski definition) is 0. The average molecular weight is 958 g/mol. The second-order valence-corrected chi connectivity index (χ2v) is 22.1. The van der Waals surface area contributed by atoms with Crippen molar-refractivity contribution < 1.29 is 0 Å². The van der Waals surface area contributed by atoms with Gasteiger partial charge in [0.2, 0.25) is 0 Å². The Balaban J connectivity index is 0.893. The lowest BCUT2D eigenvalue weighted by atomic mass is 9.82. The molecule has 0 amide bonds. The molecule has 0 spiro atoms. The number of rotatable bonds is 5. The van der Waals surface area contributed by atoms with Crippen LogP contribution in [-0.4, -0.2) is 13.7 Å². The molecule has 0 atom stereocenters. The van der Waals surface area contributed by atoms with Crippen LogP contribution in [-0.2, 0) is 10.8 Å². The van der Waals surface area contributed by atoms with E-state index in [2.05, 4.69) is 278 Å². The Hall–Kier alpha value is -9.18. The predicted octanol–water partition coefficient (Wildman–Crippen LogP) is 18.9. The van der Waals surface area contributed by atoms with Crippen molar-refractivity contribution in [3.8, 4) is 61.6 Å². The van der Waals surface area contributed by atoms with Gasteiger partial charge in [-0.1, -0.05) is 155 Å². The standard InChI is InChI=1S/C72H51N3/c1-71(2)61-26-16-14-24-51(61)53-40-59-57-38-46(30-34-67(57)74(69(59)42-63(53)71)49-20-10-6-11-21-49)44-28-32-65-55(36-44)56-37-45(29-33-66(56)73(65)48-18-8-5-9-19-48)47-31-35-68-58(39-47)60-41-54-52-25-15-17-27-62(52)72(3,4)64(54)43-70(60)75(68)50-22-12-7-13-23-50/h5-43H,1-4H3. The summed E-state index contributed by atoms with van der Waals surface area (Å²) in [7, 11) is 0. The van der Waals surface area contributed by atoms with Crippen LogP contribution in [0.15, 0.2) is 237 Å². The van der Waals surface area contributed by atoms with Crippen LogP contribution in [0.4, 0.5) is 0 Å². The molecule has 2 aliphatic rings. The monoisotopic (exact) mass is 957 g/mol. The molecule has 0 radical (unpaired) electrons. The minimum absolute atomic E-state index is 0.0990. The average Bonchev–Trinajstić information content (AvgIpc) is 4.24. The summed E-state index contributed by atoms with van der Waals surface area (Å²) in [5.74, 6) is 0. The Bertz CT molecular complexity index is 4450. The van der Waals surface area contributed by atoms with Crippen molar-refractivity contribution in [1.82, 2.24) is 13.7 Å². The first kappa shape index (κ1) is 42.3. The Morgan fingerprint density at radius 1 is 0.227 bits per heavy atom. The van der Waals surface area contributed by atoms with Crippen molar-refractivity contribution in [2.45, 2.75) is 38.5 Å². The SMILES string of the molecule is CC1(C)c2ccccc2-c2cc3c4cc(-c5ccc6c(c5)c5cc(-c7ccc8c(c7)c7cc9c(cc7n8-c7ccccc7)C(C)(C)c7ccccc7-9)ccc5n6-c5ccccc5)ccc4n(-c4ccccc4)c3cc21. The normalized spacial score (nSPS) is 14.1. The molecular weight excluding hydrogens is 907 g/mol. The van der Waals surface area contributed by atoms with E-state index in [1.54, 1.807) is 0 Å². The number of benzene rings is 11. The molecular formula is C72H51N3. The maximum absolute atomic E-state index is 2.48. The van der Waals surface area contributed by atoms with Crippen LogP contribution in [0, 0.1) is 0 Å². The molecule has 14 aromatic rings. The summed E-state index contributed by atoms with van der Waals surface area (Å²) in [5, 5.41) is 7.52. The molecule has 0 fully saturated rings. The van der Waals surface area contributed by atoms with Crippen LogP contribution in [0.5, 0.6) is 0 Å². The van der Waals surface area contributed by atoms with Gasteiger partial charge < -0.3 is 13.7 Å². The quantitative estimate of drug-likeness (QED) is 0.163. The maximum atomic E-state index is 2.48. The zero-order valence-electron chi connectivity index (χ0n) is 42.4. The molecule has 3 heteroatoms. The fourth-order valence-electron chi connectivity index (χ4n) is 13.7. The van der Waals surface area contributed by atoms with E-state index in [0.717, 1.165) is 5.69 Å². The van der Waals surface area contributed by atoms with Gasteiger partial charge in [-0.25, -0.2) is 0 Å². The van der Waals surface area contributed by atoms with Crippen LogP contribution >= 0.6 is 0 Å². The van der Waals surface area contributed by atoms with Crippen molar-refractivity contribution >= 4 is 65.4 Å². The lowest BCUT2D eigenvalue weighted by Gasteiger charge is -2.21. The summed E-state index contributed by atoms with van der Waals surface area (Å²) in [4.78, 5) is 0. The largest absolute Gasteiger partial charge is 0.309 e. The minimum Gasteiger partial charge on any atom is -0.309 e. The summed E-state index contributed by atoms with van der Waals surface area (Å²) in [6.07, 6.45) is 0. The number of para-hydroxylation sites is 3. The summed E-state index contributed by atoms with van der Waals surface area (Å²) in [6.45, 7) is 9.50. The topological polar surface area (TPSA) is 14.8 Å². The lowest BCUT2D eigenvalue weighted by molar-refractivity contribution is 0.661. The molecule has 3 aromatic heterocycles. The third-order valence-corrected chi connectivity index (χ3v) is 17.4. The molecule has 0 bridgehead atoms. The van der Waals surface area contributed by atoms with Crippen molar-refractivity contribution in [2.75, 3.05) is 0 Å². The highest BCUT2D eigenvalue weighted by Gasteiger charge is 2.38. The third kappa shape index (κ3) is 5.87. The summed E-state index contributed by atoms with van der Waals surface area (Å²) < 4.78 is 7.37. The van der Waals surface area contributed by atoms with Gasteiger partial charge in [0.15, 0.2) is 0 Å². The predicted molar refractivity (Wildman–Crippen MR) is 315 cm³/mol. The summed E-state index contributed by atoms with van der Waals surface area (Å²) in [5.41, 5.74) is 26.3. The zero-order chi connectivity index (χ0) is 49.9. The number of aromatic nitrogens is 3. The molecule has 0 saturated heterocycles. The number of nitrogens with zero attached hydrogens (tertiary/aromatic N) is 3. The fourth-order valence-corrected chi connectivity index (χ4v) is 13.7. The second kappa shape index (κ2) is 15.2. The molecule has 2 aliphatic carbocycles. The van der Waals surface area contributed by atoms with Gasteiger partial charge in [0.25, 0.3) is 0 Å². The molecule has 3 heterocycles. The van der Waals surface area contributed by atoms with E-state index in [9.17, 15) is 0 Å². The Morgan fingerprint density at radius 2 is 0.507 bits per heavy atom. The highest BCUT2D eigenvalue weighted by Crippen LogP contribution is 2.53. The molecule has 3 nitrogen and oxygen atoms in total. The maximum Gasteiger partial charge on any atom is 0.0544 e. The van der Waals surface area contributed by atoms with E-state index in [0.29, 0.717) is 0 Å². The van der Waals surface area contributed by atoms with E-state index in [4.69, 9.17) is 0 Å². The van der Waals surface area contributed by atoms with Crippen molar-refractivity contribution in [2.24, 2.45) is 0 Å². The van der Waals surface area contributed by atoms with Crippen LogP contribution < -0.4 is 0 Å². The zero-order valence-corrected chi connectivity index (χ0v) is 42.4. The van der Waals surface area contributed by atoms with Crippen LogP contribution in [0.1, 0.15) is 49.9 Å². The molecule has 11 aromatic carbocycles. The third-order valence-electron chi connectivity index (χ3n) is 17.4. The first-order valence-electron chi connectivity index (χ1n) is 26.4. The van der Waals surface area contributed by atoms with Gasteiger partial charge in [-0.2, -0.15) is 0 Å². The van der Waals surface area contributed by atoms with Gasteiger partial charge in [-0.3, -0.25) is 0 Å². The van der Waals surface area contributed by atoms with E-state index in [-0.39, 0.29) is 10.8 Å². The lowest BCUT2D eigenvalue weighted by Crippen LogP contribution is -2.14. The van der Waals surface area contributed by atoms with Crippen LogP contribution in [0.25, 0.3) is 127 Å². The second-order valence-electron chi connectivity index (χ2n) is 22.1. The van der Waals surface area contributed by atoms with Gasteiger partial charge in [-0.05, 0) is 176 Å². The Labute approximate surface area is 435 Å². The van der Waals surface area contributed by atoms with Crippen molar-refractivity contribution in [3.63, 3.8) is 0 Å². The van der Waals surface area contributed by atoms with E-state index < -0.39 is 0 Å². The van der Waals surface area contributed by atoms with Crippen molar-refractivity contribution in [1.29, 1.82) is 0 Å². The molecule has 16 rings (SSSR count). The highest BCUT2D eigenvalue weighted by molar-refractivity contribution is 6.16. The van der Waals surface area contributed by atoms with Gasteiger partial charge in [0.05, 0.1) is 33.1 Å². The summed E-state index contributed by atoms with van der Waals surface area (Å²) in [6, 6.07) is 88.8. The van der Waals surface area contributed by atoms with E-state index in [1.807, 2.05) is 0 Å². The summed E-state index contributed by atoms with van der Waals surface area (Å²) >= 11 is 0. The van der Waals surface area contributed by atoms with Crippen LogP contribution in [0.3, 0.4) is 0 Å². The fraction of sp³-hybridized carbons (Fsp3) is 0.0833. The highest BCUT2D eigenvalue weighted by atomic mass is 15.0. The van der Waals surface area contributed by atoms with Crippen LogP contribution in [0.2, 0.25) is 0 Å². The molecule has 0 N–H and O–H groups in total. The first-order chi connectivity index (χ1) is 36.7. The number of hydrogen-bond acceptors (Lipinski definition) is 0. The smallest absolute Gasteiger partial charge is 0.0544 e. The van der Waals surface area contributed by atoms with Gasteiger partial charge in [-0.15, -0.1) is 0 Å². The molecule has 354 valence electrons. The minimum atomic E-state index is -0.0990.